The van der Waals surface area contributed by atoms with Crippen LogP contribution in [0.15, 0.2) is 72.8 Å². The van der Waals surface area contributed by atoms with Gasteiger partial charge in [0.05, 0.1) is 33.9 Å². The molecule has 0 saturated heterocycles. The zero-order valence-corrected chi connectivity index (χ0v) is 18.4. The minimum Gasteiger partial charge on any atom is -0.493 e. The summed E-state index contributed by atoms with van der Waals surface area (Å²) in [5, 5.41) is 6.49. The molecule has 0 fully saturated rings. The van der Waals surface area contributed by atoms with Crippen molar-refractivity contribution in [3.8, 4) is 5.75 Å². The van der Waals surface area contributed by atoms with E-state index < -0.39 is 0 Å². The molecule has 1 aromatic heterocycles. The minimum atomic E-state index is -0.351. The molecule has 162 valence electrons. The van der Waals surface area contributed by atoms with Crippen LogP contribution in [0.5, 0.6) is 5.75 Å². The van der Waals surface area contributed by atoms with Gasteiger partial charge in [0.25, 0.3) is 5.91 Å². The Morgan fingerprint density at radius 3 is 2.50 bits per heavy atom. The first-order valence-corrected chi connectivity index (χ1v) is 11.2. The number of anilines is 1. The summed E-state index contributed by atoms with van der Waals surface area (Å²) in [6.45, 7) is 2.18. The van der Waals surface area contributed by atoms with E-state index in [1.165, 1.54) is 4.70 Å². The molecule has 0 aliphatic heterocycles. The lowest BCUT2D eigenvalue weighted by Gasteiger charge is -2.11. The van der Waals surface area contributed by atoms with Gasteiger partial charge in [-0.1, -0.05) is 36.4 Å². The number of fused-ring (bicyclic) bond motifs is 1. The Balaban J connectivity index is 1.30. The van der Waals surface area contributed by atoms with Crippen molar-refractivity contribution in [1.29, 1.82) is 0 Å². The summed E-state index contributed by atoms with van der Waals surface area (Å²) in [6.07, 6.45) is 0.739. The number of nitrogens with one attached hydrogen (secondary N) is 2. The molecule has 3 aromatic carbocycles. The third-order valence-electron chi connectivity index (χ3n) is 4.77. The van der Waals surface area contributed by atoms with E-state index in [0.29, 0.717) is 23.6 Å². The third kappa shape index (κ3) is 5.31. The molecule has 7 heteroatoms. The summed E-state index contributed by atoms with van der Waals surface area (Å²) < 4.78 is 6.64. The van der Waals surface area contributed by atoms with Gasteiger partial charge in [-0.25, -0.2) is 4.98 Å². The fourth-order valence-corrected chi connectivity index (χ4v) is 4.27. The topological polar surface area (TPSA) is 80.3 Å². The van der Waals surface area contributed by atoms with Crippen molar-refractivity contribution in [2.75, 3.05) is 18.5 Å². The highest BCUT2D eigenvalue weighted by Gasteiger charge is 2.13. The second-order valence-electron chi connectivity index (χ2n) is 7.11. The molecule has 1 heterocycles. The average molecular weight is 446 g/mol. The fourth-order valence-electron chi connectivity index (χ4n) is 3.27. The molecule has 0 bridgehead atoms. The zero-order chi connectivity index (χ0) is 22.3. The maximum absolute atomic E-state index is 12.4. The van der Waals surface area contributed by atoms with Crippen molar-refractivity contribution in [2.24, 2.45) is 0 Å². The molecular weight excluding hydrogens is 422 g/mol. The SMILES string of the molecule is CCOc1ccccc1C(=O)NCC(=O)Nc1ccc(Cc2nc3ccccc3s2)cc1. The Labute approximate surface area is 190 Å². The van der Waals surface area contributed by atoms with E-state index in [0.717, 1.165) is 22.5 Å². The first-order chi connectivity index (χ1) is 15.6. The minimum absolute atomic E-state index is 0.132. The maximum Gasteiger partial charge on any atom is 0.255 e. The number of nitrogens with zero attached hydrogens (tertiary/aromatic N) is 1. The van der Waals surface area contributed by atoms with Crippen LogP contribution in [-0.4, -0.2) is 29.9 Å². The van der Waals surface area contributed by atoms with E-state index in [-0.39, 0.29) is 18.4 Å². The molecule has 0 atom stereocenters. The Kier molecular flexibility index (Phi) is 6.77. The third-order valence-corrected chi connectivity index (χ3v) is 5.81. The predicted molar refractivity (Wildman–Crippen MR) is 127 cm³/mol. The molecule has 0 unspecified atom stereocenters. The number of amides is 2. The number of hydrogen-bond acceptors (Lipinski definition) is 5. The molecule has 0 aliphatic rings. The van der Waals surface area contributed by atoms with E-state index in [1.807, 2.05) is 49.4 Å². The van der Waals surface area contributed by atoms with E-state index in [2.05, 4.69) is 21.7 Å². The highest BCUT2D eigenvalue weighted by Crippen LogP contribution is 2.24. The largest absolute Gasteiger partial charge is 0.493 e. The predicted octanol–water partition coefficient (Wildman–Crippen LogP) is 4.65. The number of rotatable bonds is 8. The van der Waals surface area contributed by atoms with Crippen LogP contribution < -0.4 is 15.4 Å². The maximum atomic E-state index is 12.4. The molecule has 32 heavy (non-hydrogen) atoms. The number of carbonyl (C=O) groups excluding carboxylic acids is 2. The van der Waals surface area contributed by atoms with Gasteiger partial charge in [-0.05, 0) is 48.9 Å². The van der Waals surface area contributed by atoms with Crippen molar-refractivity contribution in [2.45, 2.75) is 13.3 Å². The molecule has 0 saturated carbocycles. The fraction of sp³-hybridized carbons (Fsp3) is 0.160. The van der Waals surface area contributed by atoms with Gasteiger partial charge in [-0.15, -0.1) is 11.3 Å². The first-order valence-electron chi connectivity index (χ1n) is 10.4. The van der Waals surface area contributed by atoms with Gasteiger partial charge in [0, 0.05) is 12.1 Å². The van der Waals surface area contributed by atoms with Crippen LogP contribution in [0.4, 0.5) is 5.69 Å². The molecule has 6 nitrogen and oxygen atoms in total. The summed E-state index contributed by atoms with van der Waals surface area (Å²) >= 11 is 1.69. The van der Waals surface area contributed by atoms with Gasteiger partial charge in [-0.3, -0.25) is 9.59 Å². The second kappa shape index (κ2) is 10.1. The second-order valence-corrected chi connectivity index (χ2v) is 8.22. The highest BCUT2D eigenvalue weighted by molar-refractivity contribution is 7.18. The number of thiazole rings is 1. The summed E-state index contributed by atoms with van der Waals surface area (Å²) in [5.41, 5.74) is 3.21. The van der Waals surface area contributed by atoms with Gasteiger partial charge in [-0.2, -0.15) is 0 Å². The summed E-state index contributed by atoms with van der Waals surface area (Å²) in [5.74, 6) is -0.154. The lowest BCUT2D eigenvalue weighted by molar-refractivity contribution is -0.115. The number of hydrogen-bond donors (Lipinski definition) is 2. The molecule has 2 N–H and O–H groups in total. The number of carbonyl (C=O) groups is 2. The zero-order valence-electron chi connectivity index (χ0n) is 17.6. The van der Waals surface area contributed by atoms with Crippen LogP contribution in [0, 0.1) is 0 Å². The van der Waals surface area contributed by atoms with Crippen molar-refractivity contribution < 1.29 is 14.3 Å². The quantitative estimate of drug-likeness (QED) is 0.414. The highest BCUT2D eigenvalue weighted by atomic mass is 32.1. The van der Waals surface area contributed by atoms with Gasteiger partial charge in [0.15, 0.2) is 0 Å². The molecule has 2 amide bonds. The van der Waals surface area contributed by atoms with Crippen LogP contribution in [-0.2, 0) is 11.2 Å². The van der Waals surface area contributed by atoms with Gasteiger partial charge < -0.3 is 15.4 Å². The smallest absolute Gasteiger partial charge is 0.255 e. The molecule has 4 aromatic rings. The normalized spacial score (nSPS) is 10.7. The van der Waals surface area contributed by atoms with Crippen LogP contribution in [0.25, 0.3) is 10.2 Å². The Morgan fingerprint density at radius 1 is 0.969 bits per heavy atom. The average Bonchev–Trinajstić information content (AvgIpc) is 3.22. The van der Waals surface area contributed by atoms with Crippen LogP contribution >= 0.6 is 11.3 Å². The summed E-state index contributed by atoms with van der Waals surface area (Å²) in [4.78, 5) is 29.3. The van der Waals surface area contributed by atoms with E-state index in [4.69, 9.17) is 4.74 Å². The summed E-state index contributed by atoms with van der Waals surface area (Å²) in [7, 11) is 0. The Bertz CT molecular complexity index is 1200. The van der Waals surface area contributed by atoms with Gasteiger partial charge in [0.2, 0.25) is 5.91 Å². The van der Waals surface area contributed by atoms with Crippen molar-refractivity contribution in [3.05, 3.63) is 88.9 Å². The lowest BCUT2D eigenvalue weighted by Crippen LogP contribution is -2.33. The Morgan fingerprint density at radius 2 is 1.72 bits per heavy atom. The van der Waals surface area contributed by atoms with E-state index in [9.17, 15) is 9.59 Å². The van der Waals surface area contributed by atoms with Gasteiger partial charge in [0.1, 0.15) is 5.75 Å². The summed E-state index contributed by atoms with van der Waals surface area (Å²) in [6, 6.07) is 22.7. The van der Waals surface area contributed by atoms with Crippen molar-refractivity contribution >= 4 is 39.1 Å². The Hall–Kier alpha value is -3.71. The standard InChI is InChI=1S/C25H23N3O3S/c1-2-31-21-9-5-3-7-19(21)25(30)26-16-23(29)27-18-13-11-17(12-14-18)15-24-28-20-8-4-6-10-22(20)32-24/h3-14H,2,15-16H2,1H3,(H,26,30)(H,27,29). The molecule has 0 spiro atoms. The van der Waals surface area contributed by atoms with E-state index >= 15 is 0 Å². The molecular formula is C25H23N3O3S. The van der Waals surface area contributed by atoms with Gasteiger partial charge >= 0.3 is 0 Å². The molecule has 0 radical (unpaired) electrons. The number of benzene rings is 3. The number of aromatic nitrogens is 1. The first kappa shape index (κ1) is 21.5. The van der Waals surface area contributed by atoms with E-state index in [1.54, 1.807) is 35.6 Å². The van der Waals surface area contributed by atoms with Crippen molar-refractivity contribution in [3.63, 3.8) is 0 Å². The van der Waals surface area contributed by atoms with Crippen LogP contribution in [0.2, 0.25) is 0 Å². The monoisotopic (exact) mass is 445 g/mol. The van der Waals surface area contributed by atoms with Crippen LogP contribution in [0.3, 0.4) is 0 Å². The molecule has 4 rings (SSSR count). The van der Waals surface area contributed by atoms with Crippen molar-refractivity contribution in [1.82, 2.24) is 10.3 Å². The van der Waals surface area contributed by atoms with Crippen LogP contribution in [0.1, 0.15) is 27.9 Å². The lowest BCUT2D eigenvalue weighted by atomic mass is 10.1. The number of para-hydroxylation sites is 2. The number of ether oxygens (including phenoxy) is 1. The molecule has 0 aliphatic carbocycles.